The van der Waals surface area contributed by atoms with Gasteiger partial charge in [0, 0.05) is 16.3 Å². The molecule has 1 heterocycles. The van der Waals surface area contributed by atoms with Crippen LogP contribution in [-0.2, 0) is 4.79 Å². The summed E-state index contributed by atoms with van der Waals surface area (Å²) in [7, 11) is 0. The van der Waals surface area contributed by atoms with Gasteiger partial charge in [-0.2, -0.15) is 0 Å². The fraction of sp³-hybridized carbons (Fsp3) is 0.0625. The van der Waals surface area contributed by atoms with E-state index in [9.17, 15) is 4.79 Å². The monoisotopic (exact) mass is 427 g/mol. The number of nitrogens with two attached hydrogens (primary N) is 1. The first-order chi connectivity index (χ1) is 12.4. The summed E-state index contributed by atoms with van der Waals surface area (Å²) in [5.74, 6) is 6.38. The fourth-order valence-electron chi connectivity index (χ4n) is 2.07. The van der Waals surface area contributed by atoms with Crippen molar-refractivity contribution < 1.29 is 4.79 Å². The number of nitrogens with one attached hydrogen (secondary N) is 1. The summed E-state index contributed by atoms with van der Waals surface area (Å²) in [6, 6.07) is 11.9. The maximum atomic E-state index is 12.1. The molecule has 2 aromatic carbocycles. The highest BCUT2D eigenvalue weighted by Crippen LogP contribution is 2.26. The molecular formula is C16H12Cl3N5OS. The number of nitrogen functional groups attached to an aromatic ring is 1. The standard InChI is InChI=1S/C16H12Cl3N5OS/c17-10-3-1-9(2-4-10)15-22-23-16(24(15)20)26-8-14(25)21-11-5-6-12(18)13(19)7-11/h1-7H,8,20H2,(H,21,25). The number of hydrogen-bond donors (Lipinski definition) is 2. The number of rotatable bonds is 5. The molecule has 0 saturated heterocycles. The quantitative estimate of drug-likeness (QED) is 0.466. The Bertz CT molecular complexity index is 946. The topological polar surface area (TPSA) is 85.8 Å². The van der Waals surface area contributed by atoms with Crippen molar-refractivity contribution in [3.63, 3.8) is 0 Å². The van der Waals surface area contributed by atoms with Crippen LogP contribution in [-0.4, -0.2) is 26.5 Å². The summed E-state index contributed by atoms with van der Waals surface area (Å²) < 4.78 is 1.33. The number of nitrogens with zero attached hydrogens (tertiary/aromatic N) is 3. The molecule has 3 rings (SSSR count). The van der Waals surface area contributed by atoms with Crippen molar-refractivity contribution in [3.05, 3.63) is 57.5 Å². The SMILES string of the molecule is Nn1c(SCC(=O)Nc2ccc(Cl)c(Cl)c2)nnc1-c1ccc(Cl)cc1. The molecule has 0 radical (unpaired) electrons. The molecule has 0 aliphatic carbocycles. The zero-order valence-corrected chi connectivity index (χ0v) is 16.2. The first-order valence-electron chi connectivity index (χ1n) is 7.28. The highest BCUT2D eigenvalue weighted by atomic mass is 35.5. The molecule has 0 unspecified atom stereocenters. The van der Waals surface area contributed by atoms with E-state index >= 15 is 0 Å². The first kappa shape index (κ1) is 18.8. The van der Waals surface area contributed by atoms with Crippen molar-refractivity contribution in [1.82, 2.24) is 14.9 Å². The summed E-state index contributed by atoms with van der Waals surface area (Å²) in [4.78, 5) is 12.1. The summed E-state index contributed by atoms with van der Waals surface area (Å²) in [6.07, 6.45) is 0. The third kappa shape index (κ3) is 4.42. The lowest BCUT2D eigenvalue weighted by Gasteiger charge is -2.06. The smallest absolute Gasteiger partial charge is 0.234 e. The average Bonchev–Trinajstić information content (AvgIpc) is 2.98. The molecule has 0 aliphatic rings. The van der Waals surface area contributed by atoms with Crippen LogP contribution in [0.15, 0.2) is 47.6 Å². The lowest BCUT2D eigenvalue weighted by atomic mass is 10.2. The number of amides is 1. The molecule has 0 aliphatic heterocycles. The van der Waals surface area contributed by atoms with Crippen LogP contribution in [0.2, 0.25) is 15.1 Å². The van der Waals surface area contributed by atoms with Gasteiger partial charge in [0.25, 0.3) is 0 Å². The number of hydrogen-bond acceptors (Lipinski definition) is 5. The van der Waals surface area contributed by atoms with Gasteiger partial charge in [-0.3, -0.25) is 4.79 Å². The van der Waals surface area contributed by atoms with Crippen molar-refractivity contribution in [1.29, 1.82) is 0 Å². The maximum Gasteiger partial charge on any atom is 0.234 e. The molecule has 6 nitrogen and oxygen atoms in total. The van der Waals surface area contributed by atoms with Crippen LogP contribution in [0.25, 0.3) is 11.4 Å². The zero-order valence-electron chi connectivity index (χ0n) is 13.1. The Labute approximate surface area is 168 Å². The Kier molecular flexibility index (Phi) is 5.93. The minimum atomic E-state index is -0.232. The van der Waals surface area contributed by atoms with Crippen LogP contribution < -0.4 is 11.2 Å². The molecule has 0 fully saturated rings. The number of benzene rings is 2. The number of anilines is 1. The van der Waals surface area contributed by atoms with E-state index in [4.69, 9.17) is 40.6 Å². The molecule has 1 amide bonds. The van der Waals surface area contributed by atoms with Gasteiger partial charge >= 0.3 is 0 Å². The van der Waals surface area contributed by atoms with Gasteiger partial charge in [-0.15, -0.1) is 10.2 Å². The van der Waals surface area contributed by atoms with E-state index < -0.39 is 0 Å². The van der Waals surface area contributed by atoms with E-state index in [1.165, 1.54) is 16.4 Å². The van der Waals surface area contributed by atoms with Gasteiger partial charge in [0.15, 0.2) is 5.82 Å². The van der Waals surface area contributed by atoms with Gasteiger partial charge in [-0.1, -0.05) is 46.6 Å². The van der Waals surface area contributed by atoms with Gasteiger partial charge < -0.3 is 11.2 Å². The van der Waals surface area contributed by atoms with Crippen LogP contribution in [0.3, 0.4) is 0 Å². The number of aromatic nitrogens is 3. The van der Waals surface area contributed by atoms with Gasteiger partial charge in [0.05, 0.1) is 15.8 Å². The van der Waals surface area contributed by atoms with E-state index in [2.05, 4.69) is 15.5 Å². The van der Waals surface area contributed by atoms with Crippen molar-refractivity contribution >= 4 is 58.2 Å². The predicted octanol–water partition coefficient (Wildman–Crippen LogP) is 4.35. The Morgan fingerprint density at radius 2 is 1.81 bits per heavy atom. The van der Waals surface area contributed by atoms with E-state index in [0.29, 0.717) is 31.7 Å². The molecule has 134 valence electrons. The normalized spacial score (nSPS) is 10.7. The van der Waals surface area contributed by atoms with Crippen LogP contribution in [0, 0.1) is 0 Å². The number of thioether (sulfide) groups is 1. The zero-order chi connectivity index (χ0) is 18.7. The highest BCUT2D eigenvalue weighted by Gasteiger charge is 2.14. The Morgan fingerprint density at radius 3 is 2.50 bits per heavy atom. The lowest BCUT2D eigenvalue weighted by molar-refractivity contribution is -0.113. The Hall–Kier alpha value is -1.93. The molecule has 0 saturated carbocycles. The molecule has 0 bridgehead atoms. The van der Waals surface area contributed by atoms with E-state index in [1.54, 1.807) is 42.5 Å². The fourth-order valence-corrected chi connectivity index (χ4v) is 3.15. The molecule has 0 spiro atoms. The molecule has 26 heavy (non-hydrogen) atoms. The Morgan fingerprint density at radius 1 is 1.08 bits per heavy atom. The minimum Gasteiger partial charge on any atom is -0.335 e. The second-order valence-corrected chi connectivity index (χ2v) is 7.34. The third-order valence-corrected chi connectivity index (χ3v) is 5.24. The molecule has 0 atom stereocenters. The first-order valence-corrected chi connectivity index (χ1v) is 9.40. The van der Waals surface area contributed by atoms with Crippen LogP contribution in [0.5, 0.6) is 0 Å². The largest absolute Gasteiger partial charge is 0.335 e. The van der Waals surface area contributed by atoms with Gasteiger partial charge in [-0.05, 0) is 42.5 Å². The van der Waals surface area contributed by atoms with Crippen molar-refractivity contribution in [2.24, 2.45) is 0 Å². The number of carbonyl (C=O) groups excluding carboxylic acids is 1. The molecule has 3 N–H and O–H groups in total. The third-order valence-electron chi connectivity index (χ3n) is 3.30. The minimum absolute atomic E-state index is 0.107. The second kappa shape index (κ2) is 8.18. The molecular weight excluding hydrogens is 417 g/mol. The number of halogens is 3. The second-order valence-electron chi connectivity index (χ2n) is 5.15. The Balaban J connectivity index is 1.63. The van der Waals surface area contributed by atoms with Crippen LogP contribution >= 0.6 is 46.6 Å². The van der Waals surface area contributed by atoms with Crippen LogP contribution in [0.1, 0.15) is 0 Å². The lowest BCUT2D eigenvalue weighted by Crippen LogP contribution is -2.16. The van der Waals surface area contributed by atoms with Crippen molar-refractivity contribution in [2.75, 3.05) is 16.9 Å². The molecule has 3 aromatic rings. The van der Waals surface area contributed by atoms with Gasteiger partial charge in [0.1, 0.15) is 0 Å². The van der Waals surface area contributed by atoms with Crippen LogP contribution in [0.4, 0.5) is 5.69 Å². The average molecular weight is 429 g/mol. The molecule has 1 aromatic heterocycles. The summed E-state index contributed by atoms with van der Waals surface area (Å²) in [5.41, 5.74) is 1.33. The highest BCUT2D eigenvalue weighted by molar-refractivity contribution is 7.99. The van der Waals surface area contributed by atoms with E-state index in [-0.39, 0.29) is 11.7 Å². The number of carbonyl (C=O) groups is 1. The summed E-state index contributed by atoms with van der Waals surface area (Å²) in [5, 5.41) is 12.6. The van der Waals surface area contributed by atoms with Gasteiger partial charge in [-0.25, -0.2) is 4.68 Å². The van der Waals surface area contributed by atoms with Gasteiger partial charge in [0.2, 0.25) is 11.1 Å². The summed E-state index contributed by atoms with van der Waals surface area (Å²) >= 11 is 18.8. The maximum absolute atomic E-state index is 12.1. The van der Waals surface area contributed by atoms with Crippen molar-refractivity contribution in [3.8, 4) is 11.4 Å². The van der Waals surface area contributed by atoms with Crippen molar-refractivity contribution in [2.45, 2.75) is 5.16 Å². The van der Waals surface area contributed by atoms with E-state index in [1.807, 2.05) is 0 Å². The predicted molar refractivity (Wildman–Crippen MR) is 106 cm³/mol. The van der Waals surface area contributed by atoms with E-state index in [0.717, 1.165) is 5.56 Å². The molecule has 10 heteroatoms. The summed E-state index contributed by atoms with van der Waals surface area (Å²) in [6.45, 7) is 0.